The molecule has 1 amide bonds. The Morgan fingerprint density at radius 3 is 2.34 bits per heavy atom. The number of benzene rings is 1. The first kappa shape index (κ1) is 26.8. The first-order valence-corrected chi connectivity index (χ1v) is 14.2. The molecule has 2 saturated carbocycles. The minimum Gasteiger partial charge on any atom is -0.465 e. The summed E-state index contributed by atoms with van der Waals surface area (Å²) in [7, 11) is 1.26. The van der Waals surface area contributed by atoms with Crippen molar-refractivity contribution < 1.29 is 18.7 Å². The van der Waals surface area contributed by atoms with Gasteiger partial charge in [-0.15, -0.1) is 0 Å². The number of amides is 1. The van der Waals surface area contributed by atoms with E-state index >= 15 is 0 Å². The summed E-state index contributed by atoms with van der Waals surface area (Å²) in [6.45, 7) is 0. The highest BCUT2D eigenvalue weighted by molar-refractivity contribution is 6.03. The Labute approximate surface area is 224 Å². The van der Waals surface area contributed by atoms with Crippen molar-refractivity contribution in [3.05, 3.63) is 47.8 Å². The van der Waals surface area contributed by atoms with E-state index < -0.39 is 17.8 Å². The van der Waals surface area contributed by atoms with E-state index in [4.69, 9.17) is 4.74 Å². The molecule has 38 heavy (non-hydrogen) atoms. The Bertz CT molecular complexity index is 1110. The Balaban J connectivity index is 1.40. The molecule has 1 spiro atoms. The Morgan fingerprint density at radius 1 is 1.05 bits per heavy atom. The van der Waals surface area contributed by atoms with Crippen molar-refractivity contribution in [1.82, 2.24) is 20.4 Å². The summed E-state index contributed by atoms with van der Waals surface area (Å²) >= 11 is 0. The zero-order valence-electron chi connectivity index (χ0n) is 22.3. The van der Waals surface area contributed by atoms with Crippen LogP contribution in [0.1, 0.15) is 111 Å². The number of ether oxygens (including phenoxy) is 1. The van der Waals surface area contributed by atoms with Crippen LogP contribution in [0.3, 0.4) is 0 Å². The lowest BCUT2D eigenvalue weighted by molar-refractivity contribution is -0.122. The molecule has 2 unspecified atom stereocenters. The fraction of sp³-hybridized carbons (Fsp3) is 0.621. The summed E-state index contributed by atoms with van der Waals surface area (Å²) in [6, 6.07) is 2.30. The van der Waals surface area contributed by atoms with Gasteiger partial charge >= 0.3 is 5.97 Å². The molecule has 1 aromatic carbocycles. The molecule has 206 valence electrons. The van der Waals surface area contributed by atoms with Gasteiger partial charge in [0.15, 0.2) is 0 Å². The normalized spacial score (nSPS) is 24.4. The van der Waals surface area contributed by atoms with Gasteiger partial charge in [0.25, 0.3) is 0 Å². The van der Waals surface area contributed by atoms with Crippen LogP contribution in [0, 0.1) is 11.2 Å². The van der Waals surface area contributed by atoms with Crippen LogP contribution < -0.4 is 16.2 Å². The van der Waals surface area contributed by atoms with Crippen LogP contribution >= 0.6 is 0 Å². The number of nitrogens with zero attached hydrogens (tertiary/aromatic N) is 2. The quantitative estimate of drug-likeness (QED) is 0.440. The molecule has 1 aromatic heterocycles. The van der Waals surface area contributed by atoms with Gasteiger partial charge < -0.3 is 14.6 Å². The molecule has 0 radical (unpaired) electrons. The molecule has 5 rings (SSSR count). The predicted octanol–water partition coefficient (Wildman–Crippen LogP) is 5.59. The van der Waals surface area contributed by atoms with E-state index in [1.165, 1.54) is 51.7 Å². The van der Waals surface area contributed by atoms with Gasteiger partial charge in [-0.25, -0.2) is 25.0 Å². The monoisotopic (exact) mass is 525 g/mol. The van der Waals surface area contributed by atoms with Crippen molar-refractivity contribution in [2.24, 2.45) is 5.41 Å². The molecule has 2 aromatic rings. The van der Waals surface area contributed by atoms with Crippen molar-refractivity contribution in [3.8, 4) is 0 Å². The lowest BCUT2D eigenvalue weighted by Crippen LogP contribution is -2.61. The average molecular weight is 526 g/mol. The number of nitrogens with one attached hydrogen (secondary N) is 3. The number of halogens is 1. The van der Waals surface area contributed by atoms with Crippen LogP contribution in [0.25, 0.3) is 0 Å². The van der Waals surface area contributed by atoms with Gasteiger partial charge in [-0.1, -0.05) is 51.4 Å². The highest BCUT2D eigenvalue weighted by atomic mass is 19.1. The van der Waals surface area contributed by atoms with E-state index in [0.29, 0.717) is 17.7 Å². The molecular formula is C29H40FN5O3. The van der Waals surface area contributed by atoms with Crippen LogP contribution in [0.15, 0.2) is 30.9 Å². The Kier molecular flexibility index (Phi) is 8.43. The second-order valence-electron chi connectivity index (χ2n) is 11.3. The number of hydrogen-bond acceptors (Lipinski definition) is 6. The maximum Gasteiger partial charge on any atom is 0.340 e. The van der Waals surface area contributed by atoms with E-state index in [-0.39, 0.29) is 29.0 Å². The molecule has 9 heteroatoms. The topological polar surface area (TPSA) is 97.3 Å². The minimum atomic E-state index is -0.670. The Morgan fingerprint density at radius 2 is 1.74 bits per heavy atom. The largest absolute Gasteiger partial charge is 0.465 e. The molecule has 0 bridgehead atoms. The molecule has 3 aliphatic rings. The van der Waals surface area contributed by atoms with E-state index in [9.17, 15) is 14.0 Å². The number of esters is 1. The third-order valence-electron chi connectivity index (χ3n) is 8.64. The number of aromatic nitrogens is 2. The minimum absolute atomic E-state index is 0.0206. The highest BCUT2D eigenvalue weighted by Gasteiger charge is 2.46. The fourth-order valence-corrected chi connectivity index (χ4v) is 6.39. The number of hydrazine groups is 1. The van der Waals surface area contributed by atoms with E-state index in [1.807, 2.05) is 12.5 Å². The summed E-state index contributed by atoms with van der Waals surface area (Å²) < 4.78 is 21.7. The third-order valence-corrected chi connectivity index (χ3v) is 8.64. The number of methoxy groups -OCH3 is 1. The smallest absolute Gasteiger partial charge is 0.340 e. The maximum atomic E-state index is 14.7. The zero-order valence-corrected chi connectivity index (χ0v) is 22.3. The molecule has 2 aliphatic carbocycles. The van der Waals surface area contributed by atoms with E-state index in [1.54, 1.807) is 12.3 Å². The zero-order chi connectivity index (χ0) is 26.5. The van der Waals surface area contributed by atoms with Gasteiger partial charge in [-0.05, 0) is 55.7 Å². The van der Waals surface area contributed by atoms with Gasteiger partial charge in [-0.3, -0.25) is 4.79 Å². The lowest BCUT2D eigenvalue weighted by Gasteiger charge is -2.48. The summed E-state index contributed by atoms with van der Waals surface area (Å²) in [5.41, 5.74) is 7.46. The molecule has 3 fully saturated rings. The van der Waals surface area contributed by atoms with E-state index in [0.717, 1.165) is 38.5 Å². The van der Waals surface area contributed by atoms with Crippen molar-refractivity contribution in [2.45, 2.75) is 102 Å². The number of hydrogen-bond donors (Lipinski definition) is 3. The van der Waals surface area contributed by atoms with Gasteiger partial charge in [0, 0.05) is 17.8 Å². The van der Waals surface area contributed by atoms with Crippen molar-refractivity contribution in [3.63, 3.8) is 0 Å². The summed E-state index contributed by atoms with van der Waals surface area (Å²) in [6.07, 6.45) is 19.8. The van der Waals surface area contributed by atoms with E-state index in [2.05, 4.69) is 25.7 Å². The molecule has 2 heterocycles. The molecule has 1 aliphatic heterocycles. The number of imidazole rings is 1. The Hall–Kier alpha value is -2.78. The molecular weight excluding hydrogens is 485 g/mol. The van der Waals surface area contributed by atoms with Crippen LogP contribution in [0.2, 0.25) is 0 Å². The number of carbonyl (C=O) groups is 2. The first-order chi connectivity index (χ1) is 18.5. The average Bonchev–Trinajstić information content (AvgIpc) is 3.63. The molecule has 8 nitrogen and oxygen atoms in total. The number of carbonyl (C=O) groups excluding carboxylic acids is 2. The molecule has 2 atom stereocenters. The highest BCUT2D eigenvalue weighted by Crippen LogP contribution is 2.47. The maximum absolute atomic E-state index is 14.7. The van der Waals surface area contributed by atoms with Crippen LogP contribution in [-0.2, 0) is 9.53 Å². The van der Waals surface area contributed by atoms with Crippen LogP contribution in [0.4, 0.5) is 10.1 Å². The second-order valence-corrected chi connectivity index (χ2v) is 11.3. The van der Waals surface area contributed by atoms with Crippen molar-refractivity contribution in [2.75, 3.05) is 12.4 Å². The van der Waals surface area contributed by atoms with Crippen molar-refractivity contribution >= 4 is 17.6 Å². The third kappa shape index (κ3) is 5.94. The van der Waals surface area contributed by atoms with Gasteiger partial charge in [0.2, 0.25) is 5.91 Å². The number of anilines is 1. The van der Waals surface area contributed by atoms with Gasteiger partial charge in [0.05, 0.1) is 24.7 Å². The first-order valence-electron chi connectivity index (χ1n) is 14.2. The summed E-state index contributed by atoms with van der Waals surface area (Å²) in [5.74, 6) is -1.20. The van der Waals surface area contributed by atoms with Gasteiger partial charge in [-0.2, -0.15) is 0 Å². The molecule has 3 N–H and O–H groups in total. The van der Waals surface area contributed by atoms with Crippen LogP contribution in [0.5, 0.6) is 0 Å². The molecule has 1 saturated heterocycles. The van der Waals surface area contributed by atoms with Crippen molar-refractivity contribution in [1.29, 1.82) is 0 Å². The van der Waals surface area contributed by atoms with Gasteiger partial charge in [0.1, 0.15) is 18.0 Å². The fourth-order valence-electron chi connectivity index (χ4n) is 6.39. The standard InChI is InChI=1S/C29H40FN5O3/c1-38-27(37)22-16-23(30)21(20-10-11-20)17-24(22)32-26(36)25-18-29(28(34-33-25)35-15-14-31-19-35)12-8-6-4-2-3-5-7-9-13-29/h14-17,19-20,25,28,33-34H,2-13,18H2,1H3,(H,32,36). The second kappa shape index (κ2) is 11.9. The summed E-state index contributed by atoms with van der Waals surface area (Å²) in [5, 5.41) is 2.95. The van der Waals surface area contributed by atoms with Crippen LogP contribution in [-0.4, -0.2) is 34.6 Å². The predicted molar refractivity (Wildman–Crippen MR) is 143 cm³/mol. The number of rotatable bonds is 5. The SMILES string of the molecule is COC(=O)c1cc(F)c(C2CC2)cc1NC(=O)C1CC2(CCCCCCCCCC2)C(n2ccnc2)NN1. The lowest BCUT2D eigenvalue weighted by atomic mass is 9.69. The summed E-state index contributed by atoms with van der Waals surface area (Å²) in [4.78, 5) is 30.4.